The summed E-state index contributed by atoms with van der Waals surface area (Å²) < 4.78 is 76.6. The monoisotopic (exact) mass is 527 g/mol. The molecule has 2 amide bonds. The summed E-state index contributed by atoms with van der Waals surface area (Å²) in [6.45, 7) is 0.190. The highest BCUT2D eigenvalue weighted by atomic mass is 32.2. The van der Waals surface area contributed by atoms with Gasteiger partial charge in [-0.15, -0.1) is 0 Å². The van der Waals surface area contributed by atoms with Crippen molar-refractivity contribution in [2.75, 3.05) is 45.3 Å². The summed E-state index contributed by atoms with van der Waals surface area (Å²) in [5.74, 6) is -0.108. The van der Waals surface area contributed by atoms with Gasteiger partial charge >= 0.3 is 6.18 Å². The maximum absolute atomic E-state index is 13.2. The van der Waals surface area contributed by atoms with E-state index in [0.717, 1.165) is 27.4 Å². The highest BCUT2D eigenvalue weighted by Crippen LogP contribution is 2.36. The Labute approximate surface area is 206 Å². The number of ether oxygens (including phenoxy) is 2. The fraction of sp³-hybridized carbons (Fsp3) is 0.391. The zero-order valence-electron chi connectivity index (χ0n) is 19.5. The summed E-state index contributed by atoms with van der Waals surface area (Å²) in [5, 5.41) is 0. The Morgan fingerprint density at radius 2 is 1.64 bits per heavy atom. The van der Waals surface area contributed by atoms with Gasteiger partial charge in [-0.25, -0.2) is 13.3 Å². The molecule has 194 valence electrons. The molecule has 0 unspecified atom stereocenters. The fourth-order valence-corrected chi connectivity index (χ4v) is 5.83. The second-order valence-electron chi connectivity index (χ2n) is 8.29. The molecule has 2 heterocycles. The van der Waals surface area contributed by atoms with Crippen LogP contribution in [0.5, 0.6) is 11.5 Å². The van der Waals surface area contributed by atoms with Gasteiger partial charge in [-0.1, -0.05) is 6.07 Å². The summed E-state index contributed by atoms with van der Waals surface area (Å²) in [7, 11) is -1.29. The molecule has 4 rings (SSSR count). The molecule has 2 saturated heterocycles. The van der Waals surface area contributed by atoms with Crippen molar-refractivity contribution in [1.29, 1.82) is 0 Å². The highest BCUT2D eigenvalue weighted by Gasteiger charge is 2.45. The maximum atomic E-state index is 13.2. The van der Waals surface area contributed by atoms with Gasteiger partial charge in [-0.05, 0) is 30.3 Å². The van der Waals surface area contributed by atoms with Crippen molar-refractivity contribution in [1.82, 2.24) is 9.21 Å². The Kier molecular flexibility index (Phi) is 6.99. The van der Waals surface area contributed by atoms with Crippen LogP contribution in [0.2, 0.25) is 0 Å². The molecule has 0 saturated carbocycles. The van der Waals surface area contributed by atoms with E-state index in [-0.39, 0.29) is 44.0 Å². The number of methoxy groups -OCH3 is 2. The van der Waals surface area contributed by atoms with Gasteiger partial charge in [0.25, 0.3) is 5.91 Å². The van der Waals surface area contributed by atoms with Crippen molar-refractivity contribution in [3.63, 3.8) is 0 Å². The van der Waals surface area contributed by atoms with Crippen LogP contribution in [0.25, 0.3) is 0 Å². The lowest BCUT2D eigenvalue weighted by Crippen LogP contribution is -2.53. The van der Waals surface area contributed by atoms with E-state index in [9.17, 15) is 31.2 Å². The van der Waals surface area contributed by atoms with Crippen molar-refractivity contribution in [3.05, 3.63) is 48.0 Å². The smallest absolute Gasteiger partial charge is 0.416 e. The number of nitrogens with zero attached hydrogens (tertiary/aromatic N) is 3. The molecule has 0 aromatic heterocycles. The van der Waals surface area contributed by atoms with Crippen LogP contribution >= 0.6 is 0 Å². The Hall–Kier alpha value is -3.16. The Morgan fingerprint density at radius 3 is 2.25 bits per heavy atom. The van der Waals surface area contributed by atoms with Crippen molar-refractivity contribution in [2.45, 2.75) is 23.5 Å². The Balaban J connectivity index is 1.47. The second-order valence-corrected chi connectivity index (χ2v) is 10.2. The maximum Gasteiger partial charge on any atom is 0.416 e. The lowest BCUT2D eigenvalue weighted by atomic mass is 10.2. The molecule has 2 aromatic rings. The number of piperazine rings is 1. The number of imide groups is 1. The van der Waals surface area contributed by atoms with Gasteiger partial charge in [-0.2, -0.15) is 17.5 Å². The number of anilines is 1. The van der Waals surface area contributed by atoms with Crippen LogP contribution in [-0.2, 0) is 25.8 Å². The number of sulfonamides is 1. The van der Waals surface area contributed by atoms with Crippen LogP contribution in [0.3, 0.4) is 0 Å². The normalized spacial score (nSPS) is 20.1. The third-order valence-corrected chi connectivity index (χ3v) is 8.16. The van der Waals surface area contributed by atoms with Crippen LogP contribution in [0.15, 0.2) is 47.4 Å². The number of carbonyl (C=O) groups excluding carboxylic acids is 2. The topological polar surface area (TPSA) is 96.5 Å². The molecular weight excluding hydrogens is 503 g/mol. The number of hydrogen-bond acceptors (Lipinski definition) is 7. The lowest BCUT2D eigenvalue weighted by molar-refractivity contribution is -0.137. The van der Waals surface area contributed by atoms with E-state index in [0.29, 0.717) is 11.8 Å². The number of carbonyl (C=O) groups is 2. The molecule has 9 nitrogen and oxygen atoms in total. The van der Waals surface area contributed by atoms with Gasteiger partial charge in [0.15, 0.2) is 0 Å². The molecular formula is C23H24F3N3O6S. The van der Waals surface area contributed by atoms with Crippen molar-refractivity contribution in [3.8, 4) is 11.5 Å². The molecule has 2 aliphatic heterocycles. The molecule has 0 bridgehead atoms. The summed E-state index contributed by atoms with van der Waals surface area (Å²) in [4.78, 5) is 28.3. The van der Waals surface area contributed by atoms with E-state index >= 15 is 0 Å². The van der Waals surface area contributed by atoms with Gasteiger partial charge in [-0.3, -0.25) is 14.5 Å². The number of rotatable bonds is 6. The lowest BCUT2D eigenvalue weighted by Gasteiger charge is -2.36. The van der Waals surface area contributed by atoms with Gasteiger partial charge in [0.1, 0.15) is 11.5 Å². The van der Waals surface area contributed by atoms with Gasteiger partial charge in [0.05, 0.1) is 42.8 Å². The first-order valence-electron chi connectivity index (χ1n) is 11.0. The molecule has 0 radical (unpaired) electrons. The predicted octanol–water partition coefficient (Wildman–Crippen LogP) is 2.36. The van der Waals surface area contributed by atoms with Gasteiger partial charge in [0, 0.05) is 32.2 Å². The minimum atomic E-state index is -4.67. The molecule has 2 aromatic carbocycles. The van der Waals surface area contributed by atoms with Crippen LogP contribution in [0.1, 0.15) is 12.0 Å². The first-order chi connectivity index (χ1) is 17.0. The van der Waals surface area contributed by atoms with E-state index in [2.05, 4.69) is 0 Å². The minimum Gasteiger partial charge on any atom is -0.497 e. The summed E-state index contributed by atoms with van der Waals surface area (Å²) in [6.07, 6.45) is -4.76. The van der Waals surface area contributed by atoms with Gasteiger partial charge in [0.2, 0.25) is 15.9 Å². The molecule has 0 aliphatic carbocycles. The first kappa shape index (κ1) is 25.9. The number of alkyl halides is 3. The molecule has 36 heavy (non-hydrogen) atoms. The van der Waals surface area contributed by atoms with Crippen molar-refractivity contribution in [2.24, 2.45) is 0 Å². The largest absolute Gasteiger partial charge is 0.497 e. The Morgan fingerprint density at radius 1 is 0.944 bits per heavy atom. The molecule has 0 spiro atoms. The minimum absolute atomic E-state index is 0.0393. The van der Waals surface area contributed by atoms with E-state index in [1.807, 2.05) is 0 Å². The SMILES string of the molecule is COc1ccc(N2C(=O)C[C@H](N3CCN(S(=O)(=O)c4cccc(C(F)(F)F)c4)CC3)C2=O)c(OC)c1. The summed E-state index contributed by atoms with van der Waals surface area (Å²) in [5.41, 5.74) is -0.770. The zero-order chi connectivity index (χ0) is 26.3. The van der Waals surface area contributed by atoms with E-state index in [1.54, 1.807) is 23.1 Å². The number of benzene rings is 2. The second kappa shape index (κ2) is 9.71. The molecule has 13 heteroatoms. The molecule has 2 fully saturated rings. The van der Waals surface area contributed by atoms with Crippen LogP contribution in [-0.4, -0.2) is 75.9 Å². The summed E-state index contributed by atoms with van der Waals surface area (Å²) >= 11 is 0. The van der Waals surface area contributed by atoms with E-state index in [1.165, 1.54) is 14.2 Å². The van der Waals surface area contributed by atoms with Crippen LogP contribution < -0.4 is 14.4 Å². The van der Waals surface area contributed by atoms with E-state index in [4.69, 9.17) is 9.47 Å². The molecule has 2 aliphatic rings. The van der Waals surface area contributed by atoms with E-state index < -0.39 is 44.5 Å². The third kappa shape index (κ3) is 4.77. The average molecular weight is 528 g/mol. The first-order valence-corrected chi connectivity index (χ1v) is 12.4. The molecule has 1 atom stereocenters. The third-order valence-electron chi connectivity index (χ3n) is 6.26. The van der Waals surface area contributed by atoms with Crippen molar-refractivity contribution >= 4 is 27.5 Å². The average Bonchev–Trinajstić information content (AvgIpc) is 3.16. The predicted molar refractivity (Wildman–Crippen MR) is 122 cm³/mol. The summed E-state index contributed by atoms with van der Waals surface area (Å²) in [6, 6.07) is 7.51. The van der Waals surface area contributed by atoms with Crippen LogP contribution in [0.4, 0.5) is 18.9 Å². The van der Waals surface area contributed by atoms with Gasteiger partial charge < -0.3 is 9.47 Å². The number of halogens is 3. The standard InChI is InChI=1S/C23H24F3N3O6S/c1-34-16-6-7-18(20(13-16)35-2)29-21(30)14-19(22(29)31)27-8-10-28(11-9-27)36(32,33)17-5-3-4-15(12-17)23(24,25)26/h3-7,12-13,19H,8-11,14H2,1-2H3/t19-/m0/s1. The quantitative estimate of drug-likeness (QED) is 0.532. The zero-order valence-corrected chi connectivity index (χ0v) is 20.3. The molecule has 0 N–H and O–H groups in total. The number of amides is 2. The van der Waals surface area contributed by atoms with Crippen molar-refractivity contribution < 1.29 is 40.7 Å². The van der Waals surface area contributed by atoms with Crippen LogP contribution in [0, 0.1) is 0 Å². The fourth-order valence-electron chi connectivity index (χ4n) is 4.36. The Bertz CT molecular complexity index is 1280. The highest BCUT2D eigenvalue weighted by molar-refractivity contribution is 7.89. The number of hydrogen-bond donors (Lipinski definition) is 0.